The van der Waals surface area contributed by atoms with Gasteiger partial charge in [0, 0.05) is 71.6 Å². The van der Waals surface area contributed by atoms with Crippen molar-refractivity contribution in [2.24, 2.45) is 0 Å². The monoisotopic (exact) mass is 1320 g/mol. The fraction of sp³-hybridized carbons (Fsp3) is 0. The van der Waals surface area contributed by atoms with Crippen LogP contribution >= 0.6 is 0 Å². The second kappa shape index (κ2) is 26.0. The molecule has 0 fully saturated rings. The van der Waals surface area contributed by atoms with Gasteiger partial charge in [0.2, 0.25) is 0 Å². The molecule has 3 heterocycles. The summed E-state index contributed by atoms with van der Waals surface area (Å²) in [6.07, 6.45) is 0. The fourth-order valence-corrected chi connectivity index (χ4v) is 14.0. The van der Waals surface area contributed by atoms with Crippen LogP contribution in [0.15, 0.2) is 231 Å². The third-order valence-electron chi connectivity index (χ3n) is 18.5. The number of hydrogen-bond donors (Lipinski definition) is 0. The molecule has 15 aromatic rings. The van der Waals surface area contributed by atoms with Crippen LogP contribution in [0.3, 0.4) is 0 Å². The second-order valence-electron chi connectivity index (χ2n) is 24.2. The van der Waals surface area contributed by atoms with E-state index in [0.29, 0.717) is 133 Å². The van der Waals surface area contributed by atoms with Gasteiger partial charge < -0.3 is 9.13 Å². The molecule has 0 aliphatic rings. The summed E-state index contributed by atoms with van der Waals surface area (Å²) in [5.41, 5.74) is 13.3. The van der Waals surface area contributed by atoms with E-state index in [1.54, 1.807) is 0 Å². The highest BCUT2D eigenvalue weighted by Gasteiger charge is 2.27. The first-order valence-electron chi connectivity index (χ1n) is 32.0. The molecule has 0 unspecified atom stereocenters. The van der Waals surface area contributed by atoms with Gasteiger partial charge in [0.1, 0.15) is 0 Å². The lowest BCUT2D eigenvalue weighted by Gasteiger charge is -2.20. The molecule has 16 heteroatoms. The van der Waals surface area contributed by atoms with Crippen LogP contribution in [-0.4, -0.2) is 19.1 Å². The van der Waals surface area contributed by atoms with Gasteiger partial charge in [-0.05, 0) is 150 Å². The Morgan fingerprint density at radius 1 is 0.221 bits per heavy atom. The van der Waals surface area contributed by atoms with Gasteiger partial charge >= 0.3 is 0 Å². The van der Waals surface area contributed by atoms with Gasteiger partial charge in [0.15, 0.2) is 5.82 Å². The summed E-state index contributed by atoms with van der Waals surface area (Å²) in [5, 5.41) is 128. The number of rotatable bonds is 10. The SMILES string of the molecule is N#Cc1cc(C#N)c(-c2ccc3c(c2)c2cc(-c4c(C#N)cc(C#N)cc4C#N)ccc2n3-c2ccccc2-c2cc(-c3nc(-c4ccccc4)cc(-c4ccccc4)n3)ccc2-n2c3ccc(-c4c(C#N)cc(C#N)cc4C#N)cc3c3cc(-c4c(C#N)cc(C#N)cc4C#N)ccc32)c(C#N)c1. The lowest BCUT2D eigenvalue weighted by Crippen LogP contribution is -2.03. The first-order valence-corrected chi connectivity index (χ1v) is 32.0. The summed E-state index contributed by atoms with van der Waals surface area (Å²) >= 11 is 0. The Bertz CT molecular complexity index is 6390. The zero-order valence-electron chi connectivity index (χ0n) is 54.1. The maximum Gasteiger partial charge on any atom is 0.160 e. The number of hydrogen-bond acceptors (Lipinski definition) is 14. The Morgan fingerprint density at radius 2 is 0.500 bits per heavy atom. The molecule has 0 radical (unpaired) electrons. The number of nitrogens with zero attached hydrogens (tertiary/aromatic N) is 16. The molecule has 12 aromatic carbocycles. The van der Waals surface area contributed by atoms with Gasteiger partial charge in [0.25, 0.3) is 0 Å². The molecular formula is C88H38N16. The lowest BCUT2D eigenvalue weighted by molar-refractivity contribution is 1.15. The van der Waals surface area contributed by atoms with Crippen molar-refractivity contribution in [3.8, 4) is 174 Å². The minimum atomic E-state index is 0.0985. The number of fused-ring (bicyclic) bond motifs is 6. The van der Waals surface area contributed by atoms with Crippen LogP contribution in [0.5, 0.6) is 0 Å². The molecule has 0 N–H and O–H groups in total. The molecule has 470 valence electrons. The predicted octanol–water partition coefficient (Wildman–Crippen LogP) is 18.5. The Balaban J connectivity index is 1.06. The van der Waals surface area contributed by atoms with E-state index in [4.69, 9.17) is 9.97 Å². The number of benzene rings is 12. The highest BCUT2D eigenvalue weighted by Crippen LogP contribution is 2.47. The number of aromatic nitrogens is 4. The van der Waals surface area contributed by atoms with Crippen molar-refractivity contribution in [1.29, 1.82) is 63.1 Å². The molecule has 15 rings (SSSR count). The van der Waals surface area contributed by atoms with Crippen molar-refractivity contribution in [2.75, 3.05) is 0 Å². The molecule has 3 aromatic heterocycles. The van der Waals surface area contributed by atoms with Crippen molar-refractivity contribution in [3.05, 3.63) is 297 Å². The van der Waals surface area contributed by atoms with Crippen LogP contribution in [0, 0.1) is 136 Å². The minimum absolute atomic E-state index is 0.0985. The molecule has 0 bridgehead atoms. The Morgan fingerprint density at radius 3 is 0.798 bits per heavy atom. The van der Waals surface area contributed by atoms with Crippen molar-refractivity contribution in [3.63, 3.8) is 0 Å². The maximum absolute atomic E-state index is 10.7. The van der Waals surface area contributed by atoms with Gasteiger partial charge in [-0.3, -0.25) is 0 Å². The zero-order chi connectivity index (χ0) is 71.9. The highest BCUT2D eigenvalue weighted by molar-refractivity contribution is 6.15. The van der Waals surface area contributed by atoms with Gasteiger partial charge in [-0.15, -0.1) is 0 Å². The molecule has 104 heavy (non-hydrogen) atoms. The molecule has 0 saturated carbocycles. The summed E-state index contributed by atoms with van der Waals surface area (Å²) in [6.45, 7) is 0. The van der Waals surface area contributed by atoms with E-state index in [-0.39, 0.29) is 66.8 Å². The number of nitriles is 12. The van der Waals surface area contributed by atoms with Crippen molar-refractivity contribution in [2.45, 2.75) is 0 Å². The summed E-state index contributed by atoms with van der Waals surface area (Å²) in [6, 6.07) is 95.2. The van der Waals surface area contributed by atoms with Gasteiger partial charge in [-0.1, -0.05) is 103 Å². The molecule has 0 atom stereocenters. The van der Waals surface area contributed by atoms with Crippen LogP contribution in [0.1, 0.15) is 66.8 Å². The molecular weight excluding hydrogens is 1280 g/mol. The van der Waals surface area contributed by atoms with Crippen LogP contribution in [-0.2, 0) is 0 Å². The van der Waals surface area contributed by atoms with Gasteiger partial charge in [-0.2, -0.15) is 63.1 Å². The average molecular weight is 1320 g/mol. The standard InChI is InChI=1S/C88H38N16/c89-39-51-25-62(43-93)84(63(26-51)44-94)57-15-20-80-72(33-57)73-34-58(85-64(45-95)27-52(40-90)28-65(85)46-96)16-21-81(73)103(80)78-14-8-7-13-70(78)71-37-61(88-101-76(55-9-3-1-4-10-55)38-77(102-88)56-11-5-2-6-12-56)19-24-79(71)104-82-22-17-59(86-66(47-97)29-53(41-91)30-67(86)48-98)35-74(82)75-36-60(18-23-83(75)104)87-68(49-99)31-54(42-92)32-69(87)50-100/h1-38H. The molecule has 0 amide bonds. The van der Waals surface area contributed by atoms with E-state index in [1.807, 2.05) is 182 Å². The van der Waals surface area contributed by atoms with E-state index < -0.39 is 0 Å². The van der Waals surface area contributed by atoms with E-state index in [9.17, 15) is 63.1 Å². The van der Waals surface area contributed by atoms with Crippen LogP contribution in [0.2, 0.25) is 0 Å². The quantitative estimate of drug-likeness (QED) is 0.123. The van der Waals surface area contributed by atoms with Crippen molar-refractivity contribution in [1.82, 2.24) is 19.1 Å². The molecule has 0 aliphatic heterocycles. The second-order valence-corrected chi connectivity index (χ2v) is 24.2. The minimum Gasteiger partial charge on any atom is -0.309 e. The van der Waals surface area contributed by atoms with Gasteiger partial charge in [0.05, 0.1) is 184 Å². The molecule has 16 nitrogen and oxygen atoms in total. The number of para-hydroxylation sites is 1. The summed E-state index contributed by atoms with van der Waals surface area (Å²) in [7, 11) is 0. The maximum atomic E-state index is 10.7. The van der Waals surface area contributed by atoms with Crippen LogP contribution in [0.25, 0.3) is 145 Å². The summed E-state index contributed by atoms with van der Waals surface area (Å²) in [4.78, 5) is 10.6. The van der Waals surface area contributed by atoms with Crippen LogP contribution in [0.4, 0.5) is 0 Å². The van der Waals surface area contributed by atoms with Gasteiger partial charge in [-0.25, -0.2) is 9.97 Å². The van der Waals surface area contributed by atoms with E-state index in [0.717, 1.165) is 11.1 Å². The third-order valence-corrected chi connectivity index (χ3v) is 18.5. The zero-order valence-corrected chi connectivity index (χ0v) is 54.1. The Hall–Kier alpha value is -16.8. The smallest absolute Gasteiger partial charge is 0.160 e. The lowest BCUT2D eigenvalue weighted by atomic mass is 9.91. The Kier molecular flexibility index (Phi) is 15.8. The normalized spacial score (nSPS) is 10.6. The molecule has 0 spiro atoms. The van der Waals surface area contributed by atoms with E-state index in [1.165, 1.54) is 48.5 Å². The summed E-state index contributed by atoms with van der Waals surface area (Å²) < 4.78 is 4.18. The molecule has 0 aliphatic carbocycles. The highest BCUT2D eigenvalue weighted by atomic mass is 15.0. The van der Waals surface area contributed by atoms with E-state index >= 15 is 0 Å². The first kappa shape index (κ1) is 63.3. The van der Waals surface area contributed by atoms with Crippen molar-refractivity contribution >= 4 is 43.6 Å². The molecule has 0 saturated heterocycles. The summed E-state index contributed by atoms with van der Waals surface area (Å²) in [5.74, 6) is 0.393. The average Bonchev–Trinajstić information content (AvgIpc) is 1.56. The van der Waals surface area contributed by atoms with Crippen molar-refractivity contribution < 1.29 is 0 Å². The first-order chi connectivity index (χ1) is 51.0. The van der Waals surface area contributed by atoms with Crippen LogP contribution < -0.4 is 0 Å². The third kappa shape index (κ3) is 10.6. The Labute approximate surface area is 593 Å². The van der Waals surface area contributed by atoms with E-state index in [2.05, 4.69) is 82.0 Å². The largest absolute Gasteiger partial charge is 0.309 e. The topological polar surface area (TPSA) is 321 Å². The fourth-order valence-electron chi connectivity index (χ4n) is 14.0. The predicted molar refractivity (Wildman–Crippen MR) is 391 cm³/mol.